The number of anilines is 2. The predicted molar refractivity (Wildman–Crippen MR) is 92.1 cm³/mol. The van der Waals surface area contributed by atoms with Gasteiger partial charge in [0.15, 0.2) is 11.5 Å². The van der Waals surface area contributed by atoms with Crippen LogP contribution in [-0.4, -0.2) is 50.3 Å². The Morgan fingerprint density at radius 2 is 2.16 bits per heavy atom. The molecule has 4 rings (SSSR count). The molecule has 1 aromatic heterocycles. The monoisotopic (exact) mass is 341 g/mol. The predicted octanol–water partition coefficient (Wildman–Crippen LogP) is 1.08. The van der Waals surface area contributed by atoms with Crippen LogP contribution < -0.4 is 16.1 Å². The Morgan fingerprint density at radius 3 is 2.80 bits per heavy atom. The van der Waals surface area contributed by atoms with Gasteiger partial charge in [-0.05, 0) is 41.4 Å². The third-order valence-electron chi connectivity index (χ3n) is 4.71. The summed E-state index contributed by atoms with van der Waals surface area (Å²) >= 11 is 0. The molecule has 1 aromatic carbocycles. The van der Waals surface area contributed by atoms with Gasteiger partial charge in [-0.25, -0.2) is 9.02 Å². The highest BCUT2D eigenvalue weighted by molar-refractivity contribution is 6.33. The molecule has 0 amide bonds. The van der Waals surface area contributed by atoms with Crippen LogP contribution in [0.3, 0.4) is 0 Å². The van der Waals surface area contributed by atoms with Crippen molar-refractivity contribution >= 4 is 30.6 Å². The number of nitrogens with zero attached hydrogens (tertiary/aromatic N) is 3. The van der Waals surface area contributed by atoms with Gasteiger partial charge in [0.05, 0.1) is 13.2 Å². The van der Waals surface area contributed by atoms with Crippen molar-refractivity contribution in [1.82, 2.24) is 10.3 Å². The first-order valence-corrected chi connectivity index (χ1v) is 8.05. The number of halogens is 1. The molecule has 1 saturated carbocycles. The highest BCUT2D eigenvalue weighted by atomic mass is 19.1. The summed E-state index contributed by atoms with van der Waals surface area (Å²) in [5, 5.41) is 14.3. The van der Waals surface area contributed by atoms with Crippen molar-refractivity contribution in [2.45, 2.75) is 18.9 Å². The van der Waals surface area contributed by atoms with Crippen molar-refractivity contribution in [3.63, 3.8) is 0 Å². The zero-order chi connectivity index (χ0) is 17.4. The minimum Gasteiger partial charge on any atom is -0.380 e. The van der Waals surface area contributed by atoms with Gasteiger partial charge in [-0.3, -0.25) is 4.99 Å². The molecule has 1 spiro atoms. The average Bonchev–Trinajstić information content (AvgIpc) is 2.97. The second-order valence-corrected chi connectivity index (χ2v) is 6.64. The Labute approximate surface area is 145 Å². The number of hydrogen-bond donors (Lipinski definition) is 2. The molecule has 2 radical (unpaired) electrons. The molecule has 2 aliphatic rings. The van der Waals surface area contributed by atoms with Crippen molar-refractivity contribution < 1.29 is 13.8 Å². The first-order valence-electron chi connectivity index (χ1n) is 8.05. The van der Waals surface area contributed by atoms with Crippen LogP contribution >= 0.6 is 0 Å². The summed E-state index contributed by atoms with van der Waals surface area (Å²) in [7, 11) is 7.22. The van der Waals surface area contributed by atoms with Gasteiger partial charge in [0, 0.05) is 24.2 Å². The molecule has 7 nitrogen and oxygen atoms in total. The molecule has 128 valence electrons. The van der Waals surface area contributed by atoms with Crippen LogP contribution in [0, 0.1) is 11.2 Å². The lowest BCUT2D eigenvalue weighted by molar-refractivity contribution is -0.159. The zero-order valence-electron chi connectivity index (χ0n) is 13.8. The zero-order valence-corrected chi connectivity index (χ0v) is 13.8. The van der Waals surface area contributed by atoms with Gasteiger partial charge in [0.25, 0.3) is 0 Å². The van der Waals surface area contributed by atoms with Crippen LogP contribution in [0.1, 0.15) is 18.5 Å². The van der Waals surface area contributed by atoms with E-state index in [1.165, 1.54) is 12.1 Å². The Balaban J connectivity index is 1.46. The highest BCUT2D eigenvalue weighted by Crippen LogP contribution is 2.47. The number of aliphatic imine (C=N–C) groups is 1. The van der Waals surface area contributed by atoms with Crippen LogP contribution in [0.2, 0.25) is 0 Å². The second-order valence-electron chi connectivity index (χ2n) is 6.64. The van der Waals surface area contributed by atoms with Gasteiger partial charge in [-0.15, -0.1) is 0 Å². The summed E-state index contributed by atoms with van der Waals surface area (Å²) < 4.78 is 23.5. The minimum absolute atomic E-state index is 0.0552. The fraction of sp³-hybridized carbons (Fsp3) is 0.438. The Bertz CT molecular complexity index is 813. The highest BCUT2D eigenvalue weighted by Gasteiger charge is 2.50. The molecule has 2 fully saturated rings. The Hall–Kier alpha value is -2.42. The molecule has 9 heteroatoms. The molecular formula is C16H17BFN5O2. The lowest BCUT2D eigenvalue weighted by Gasteiger charge is -2.53. The molecule has 25 heavy (non-hydrogen) atoms. The maximum atomic E-state index is 13.3. The van der Waals surface area contributed by atoms with Crippen LogP contribution in [0.5, 0.6) is 0 Å². The summed E-state index contributed by atoms with van der Waals surface area (Å²) in [6.07, 6.45) is 2.08. The van der Waals surface area contributed by atoms with Crippen molar-refractivity contribution in [3.8, 4) is 0 Å². The van der Waals surface area contributed by atoms with E-state index in [1.807, 2.05) is 0 Å². The number of hydrogen-bond acceptors (Lipinski definition) is 6. The van der Waals surface area contributed by atoms with Crippen molar-refractivity contribution in [1.29, 1.82) is 0 Å². The third-order valence-corrected chi connectivity index (χ3v) is 4.71. The number of aromatic nitrogens is 2. The smallest absolute Gasteiger partial charge is 0.202 e. The molecule has 2 aromatic rings. The van der Waals surface area contributed by atoms with E-state index in [1.54, 1.807) is 13.1 Å². The molecule has 1 aliphatic heterocycles. The van der Waals surface area contributed by atoms with E-state index in [9.17, 15) is 4.39 Å². The lowest BCUT2D eigenvalue weighted by atomic mass is 9.64. The molecule has 0 atom stereocenters. The fourth-order valence-electron chi connectivity index (χ4n) is 3.33. The Kier molecular flexibility index (Phi) is 3.95. The molecule has 0 bridgehead atoms. The SMILES string of the molecule is [B]c1cc(NC(=NC)c2nonc2NC2CC3(COC3)C2)ccc1F. The Morgan fingerprint density at radius 1 is 1.36 bits per heavy atom. The quantitative estimate of drug-likeness (QED) is 0.492. The average molecular weight is 341 g/mol. The van der Waals surface area contributed by atoms with E-state index in [2.05, 4.69) is 25.9 Å². The normalized spacial score (nSPS) is 19.4. The van der Waals surface area contributed by atoms with Gasteiger partial charge in [-0.2, -0.15) is 0 Å². The largest absolute Gasteiger partial charge is 0.380 e. The van der Waals surface area contributed by atoms with E-state index in [0.717, 1.165) is 26.1 Å². The van der Waals surface area contributed by atoms with Crippen molar-refractivity contribution in [2.75, 3.05) is 30.9 Å². The lowest BCUT2D eigenvalue weighted by Crippen LogP contribution is -2.56. The number of rotatable bonds is 4. The number of ether oxygens (including phenoxy) is 1. The van der Waals surface area contributed by atoms with Crippen LogP contribution in [0.4, 0.5) is 15.9 Å². The van der Waals surface area contributed by atoms with E-state index in [0.29, 0.717) is 34.5 Å². The van der Waals surface area contributed by atoms with Gasteiger partial charge in [0.2, 0.25) is 5.82 Å². The summed E-state index contributed by atoms with van der Waals surface area (Å²) in [5.41, 5.74) is 1.47. The second kappa shape index (κ2) is 6.14. The van der Waals surface area contributed by atoms with Gasteiger partial charge in [0.1, 0.15) is 13.7 Å². The number of benzene rings is 1. The van der Waals surface area contributed by atoms with Gasteiger partial charge >= 0.3 is 0 Å². The van der Waals surface area contributed by atoms with Crippen LogP contribution in [0.15, 0.2) is 27.8 Å². The van der Waals surface area contributed by atoms with Gasteiger partial charge < -0.3 is 15.4 Å². The molecular weight excluding hydrogens is 324 g/mol. The molecule has 0 unspecified atom stereocenters. The fourth-order valence-corrected chi connectivity index (χ4v) is 3.33. The molecule has 1 saturated heterocycles. The van der Waals surface area contributed by atoms with E-state index >= 15 is 0 Å². The summed E-state index contributed by atoms with van der Waals surface area (Å²) in [6.45, 7) is 1.68. The summed E-state index contributed by atoms with van der Waals surface area (Å²) in [6, 6.07) is 4.67. The van der Waals surface area contributed by atoms with E-state index < -0.39 is 5.82 Å². The third kappa shape index (κ3) is 2.99. The van der Waals surface area contributed by atoms with Crippen molar-refractivity contribution in [3.05, 3.63) is 29.7 Å². The maximum Gasteiger partial charge on any atom is 0.202 e. The maximum absolute atomic E-state index is 13.3. The molecule has 2 heterocycles. The summed E-state index contributed by atoms with van der Waals surface area (Å²) in [4.78, 5) is 4.19. The topological polar surface area (TPSA) is 84.6 Å². The number of amidine groups is 1. The standard InChI is InChI=1S/C16H17BFN5O2/c1-19-14(20-9-2-3-12(18)11(17)4-9)13-15(23-25-22-13)21-10-5-16(6-10)7-24-8-16/h2-4,10H,5-8H2,1H3,(H,19,20)(H,21,23). The van der Waals surface area contributed by atoms with E-state index in [-0.39, 0.29) is 5.46 Å². The molecule has 2 N–H and O–H groups in total. The summed E-state index contributed by atoms with van der Waals surface area (Å²) in [5.74, 6) is 0.518. The van der Waals surface area contributed by atoms with E-state index in [4.69, 9.17) is 17.2 Å². The number of nitrogens with one attached hydrogen (secondary N) is 2. The van der Waals surface area contributed by atoms with Crippen LogP contribution in [-0.2, 0) is 4.74 Å². The minimum atomic E-state index is -0.468. The van der Waals surface area contributed by atoms with Crippen LogP contribution in [0.25, 0.3) is 0 Å². The first kappa shape index (κ1) is 16.1. The first-order chi connectivity index (χ1) is 12.1. The van der Waals surface area contributed by atoms with Gasteiger partial charge in [-0.1, -0.05) is 5.46 Å². The van der Waals surface area contributed by atoms with Crippen molar-refractivity contribution in [2.24, 2.45) is 10.4 Å². The molecule has 1 aliphatic carbocycles.